The van der Waals surface area contributed by atoms with Crippen LogP contribution in [0.3, 0.4) is 0 Å². The highest BCUT2D eigenvalue weighted by Crippen LogP contribution is 2.31. The Labute approximate surface area is 96.1 Å². The molecule has 0 spiro atoms. The lowest BCUT2D eigenvalue weighted by molar-refractivity contribution is 0.0696. The third-order valence-electron chi connectivity index (χ3n) is 2.47. The summed E-state index contributed by atoms with van der Waals surface area (Å²) in [5, 5.41) is 8.98. The topological polar surface area (TPSA) is 46.5 Å². The van der Waals surface area contributed by atoms with Gasteiger partial charge in [0.2, 0.25) is 0 Å². The zero-order valence-electron chi connectivity index (χ0n) is 10.2. The molecule has 1 aromatic carbocycles. The number of carbonyl (C=O) groups is 1. The van der Waals surface area contributed by atoms with Crippen molar-refractivity contribution in [3.8, 4) is 5.75 Å². The van der Waals surface area contributed by atoms with Gasteiger partial charge >= 0.3 is 5.97 Å². The molecular weight excluding hydrogens is 204 g/mol. The molecule has 0 saturated heterocycles. The van der Waals surface area contributed by atoms with Crippen LogP contribution in [0.4, 0.5) is 0 Å². The molecule has 0 saturated carbocycles. The minimum atomic E-state index is -0.917. The summed E-state index contributed by atoms with van der Waals surface area (Å²) < 4.78 is 5.51. The Morgan fingerprint density at radius 2 is 2.06 bits per heavy atom. The van der Waals surface area contributed by atoms with Crippen molar-refractivity contribution in [2.24, 2.45) is 0 Å². The van der Waals surface area contributed by atoms with Gasteiger partial charge in [0.25, 0.3) is 0 Å². The quantitative estimate of drug-likeness (QED) is 0.850. The molecule has 0 aromatic heterocycles. The Bertz CT molecular complexity index is 394. The van der Waals surface area contributed by atoms with E-state index in [9.17, 15) is 4.79 Å². The molecule has 0 amide bonds. The summed E-state index contributed by atoms with van der Waals surface area (Å²) in [6.07, 6.45) is 0. The lowest BCUT2D eigenvalue weighted by atomic mass is 9.95. The average molecular weight is 222 g/mol. The minimum Gasteiger partial charge on any atom is -0.494 e. The van der Waals surface area contributed by atoms with E-state index < -0.39 is 5.97 Å². The van der Waals surface area contributed by atoms with Crippen molar-refractivity contribution in [2.75, 3.05) is 6.61 Å². The number of ether oxygens (including phenoxy) is 1. The Hall–Kier alpha value is -1.51. The monoisotopic (exact) mass is 222 g/mol. The fraction of sp³-hybridized carbons (Fsp3) is 0.462. The standard InChI is InChI=1S/C13H18O3/c1-5-16-11-7-10(13(14)15)6-9(4)12(11)8(2)3/h6-8H,5H2,1-4H3,(H,14,15). The van der Waals surface area contributed by atoms with E-state index in [1.807, 2.05) is 13.8 Å². The number of aromatic carboxylic acids is 1. The minimum absolute atomic E-state index is 0.283. The Kier molecular flexibility index (Phi) is 3.93. The Morgan fingerprint density at radius 1 is 1.44 bits per heavy atom. The van der Waals surface area contributed by atoms with E-state index in [1.54, 1.807) is 12.1 Å². The average Bonchev–Trinajstić information content (AvgIpc) is 2.16. The number of rotatable bonds is 4. The Morgan fingerprint density at radius 3 is 2.50 bits per heavy atom. The van der Waals surface area contributed by atoms with Crippen LogP contribution in [0.15, 0.2) is 12.1 Å². The summed E-state index contributed by atoms with van der Waals surface area (Å²) in [5.41, 5.74) is 2.34. The molecule has 0 bridgehead atoms. The number of carboxylic acids is 1. The maximum Gasteiger partial charge on any atom is 0.335 e. The second-order valence-electron chi connectivity index (χ2n) is 4.10. The largest absolute Gasteiger partial charge is 0.494 e. The van der Waals surface area contributed by atoms with E-state index in [1.165, 1.54) is 0 Å². The van der Waals surface area contributed by atoms with E-state index in [0.717, 1.165) is 11.1 Å². The van der Waals surface area contributed by atoms with Crippen molar-refractivity contribution in [1.29, 1.82) is 0 Å². The van der Waals surface area contributed by atoms with Crippen molar-refractivity contribution in [3.63, 3.8) is 0 Å². The molecule has 0 atom stereocenters. The van der Waals surface area contributed by atoms with Crippen LogP contribution in [0.25, 0.3) is 0 Å². The van der Waals surface area contributed by atoms with Crippen LogP contribution in [-0.4, -0.2) is 17.7 Å². The molecule has 3 nitrogen and oxygen atoms in total. The van der Waals surface area contributed by atoms with Gasteiger partial charge in [-0.2, -0.15) is 0 Å². The molecule has 16 heavy (non-hydrogen) atoms. The van der Waals surface area contributed by atoms with Crippen molar-refractivity contribution >= 4 is 5.97 Å². The summed E-state index contributed by atoms with van der Waals surface area (Å²) in [6.45, 7) is 8.51. The number of carboxylic acid groups (broad SMARTS) is 1. The molecule has 0 aliphatic carbocycles. The SMILES string of the molecule is CCOc1cc(C(=O)O)cc(C)c1C(C)C. The van der Waals surface area contributed by atoms with Gasteiger partial charge in [-0.1, -0.05) is 13.8 Å². The molecule has 0 unspecified atom stereocenters. The van der Waals surface area contributed by atoms with E-state index in [4.69, 9.17) is 9.84 Å². The van der Waals surface area contributed by atoms with Gasteiger partial charge in [-0.05, 0) is 43.0 Å². The molecule has 0 fully saturated rings. The van der Waals surface area contributed by atoms with Crippen LogP contribution in [0, 0.1) is 6.92 Å². The highest BCUT2D eigenvalue weighted by atomic mass is 16.5. The van der Waals surface area contributed by atoms with E-state index in [2.05, 4.69) is 13.8 Å². The first kappa shape index (κ1) is 12.6. The molecule has 1 N–H and O–H groups in total. The normalized spacial score (nSPS) is 10.6. The van der Waals surface area contributed by atoms with Gasteiger partial charge in [-0.3, -0.25) is 0 Å². The lowest BCUT2D eigenvalue weighted by Gasteiger charge is -2.16. The summed E-state index contributed by atoms with van der Waals surface area (Å²) in [5.74, 6) is 0.0960. The highest BCUT2D eigenvalue weighted by Gasteiger charge is 2.15. The van der Waals surface area contributed by atoms with Crippen molar-refractivity contribution in [2.45, 2.75) is 33.6 Å². The predicted octanol–water partition coefficient (Wildman–Crippen LogP) is 3.22. The van der Waals surface area contributed by atoms with E-state index >= 15 is 0 Å². The van der Waals surface area contributed by atoms with Crippen molar-refractivity contribution in [1.82, 2.24) is 0 Å². The molecular formula is C13H18O3. The van der Waals surface area contributed by atoms with Crippen LogP contribution in [-0.2, 0) is 0 Å². The first-order valence-electron chi connectivity index (χ1n) is 5.48. The second kappa shape index (κ2) is 5.01. The summed E-state index contributed by atoms with van der Waals surface area (Å²) >= 11 is 0. The number of aryl methyl sites for hydroxylation is 1. The van der Waals surface area contributed by atoms with Gasteiger partial charge in [0.1, 0.15) is 5.75 Å². The molecule has 3 heteroatoms. The van der Waals surface area contributed by atoms with Crippen LogP contribution in [0.2, 0.25) is 0 Å². The van der Waals surface area contributed by atoms with E-state index in [0.29, 0.717) is 18.3 Å². The summed E-state index contributed by atoms with van der Waals surface area (Å²) in [4.78, 5) is 10.9. The molecule has 0 aliphatic heterocycles. The van der Waals surface area contributed by atoms with E-state index in [-0.39, 0.29) is 5.56 Å². The second-order valence-corrected chi connectivity index (χ2v) is 4.10. The zero-order valence-corrected chi connectivity index (χ0v) is 10.2. The summed E-state index contributed by atoms with van der Waals surface area (Å²) in [7, 11) is 0. The molecule has 1 rings (SSSR count). The molecule has 0 radical (unpaired) electrons. The first-order valence-corrected chi connectivity index (χ1v) is 5.48. The highest BCUT2D eigenvalue weighted by molar-refractivity contribution is 5.88. The number of benzene rings is 1. The third kappa shape index (κ3) is 2.54. The van der Waals surface area contributed by atoms with Gasteiger partial charge < -0.3 is 9.84 Å². The van der Waals surface area contributed by atoms with Gasteiger partial charge in [0.15, 0.2) is 0 Å². The molecule has 88 valence electrons. The van der Waals surface area contributed by atoms with Crippen molar-refractivity contribution in [3.05, 3.63) is 28.8 Å². The van der Waals surface area contributed by atoms with Gasteiger partial charge in [-0.15, -0.1) is 0 Å². The zero-order chi connectivity index (χ0) is 12.3. The molecule has 1 aromatic rings. The lowest BCUT2D eigenvalue weighted by Crippen LogP contribution is -2.05. The maximum absolute atomic E-state index is 10.9. The summed E-state index contributed by atoms with van der Waals surface area (Å²) in [6, 6.07) is 3.30. The van der Waals surface area contributed by atoms with Gasteiger partial charge in [0.05, 0.1) is 12.2 Å². The Balaban J connectivity index is 3.33. The third-order valence-corrected chi connectivity index (χ3v) is 2.47. The van der Waals surface area contributed by atoms with Gasteiger partial charge in [-0.25, -0.2) is 4.79 Å². The molecule has 0 heterocycles. The number of hydrogen-bond donors (Lipinski definition) is 1. The van der Waals surface area contributed by atoms with Crippen LogP contribution >= 0.6 is 0 Å². The molecule has 0 aliphatic rings. The van der Waals surface area contributed by atoms with Gasteiger partial charge in [0, 0.05) is 0 Å². The number of hydrogen-bond acceptors (Lipinski definition) is 2. The fourth-order valence-corrected chi connectivity index (χ4v) is 1.90. The first-order chi connectivity index (χ1) is 7.47. The smallest absolute Gasteiger partial charge is 0.335 e. The van der Waals surface area contributed by atoms with Crippen LogP contribution in [0.1, 0.15) is 48.2 Å². The van der Waals surface area contributed by atoms with Crippen LogP contribution < -0.4 is 4.74 Å². The van der Waals surface area contributed by atoms with Crippen LogP contribution in [0.5, 0.6) is 5.75 Å². The maximum atomic E-state index is 10.9. The predicted molar refractivity (Wildman–Crippen MR) is 63.4 cm³/mol. The van der Waals surface area contributed by atoms with Crippen molar-refractivity contribution < 1.29 is 14.6 Å². The fourth-order valence-electron chi connectivity index (χ4n) is 1.90.